The summed E-state index contributed by atoms with van der Waals surface area (Å²) in [5.41, 5.74) is -0.211. The van der Waals surface area contributed by atoms with Crippen molar-refractivity contribution >= 4 is 5.91 Å². The van der Waals surface area contributed by atoms with Gasteiger partial charge >= 0.3 is 0 Å². The van der Waals surface area contributed by atoms with Crippen molar-refractivity contribution in [1.82, 2.24) is 19.9 Å². The summed E-state index contributed by atoms with van der Waals surface area (Å²) in [6.45, 7) is 8.97. The minimum Gasteiger partial charge on any atom is -0.381 e. The molecule has 1 unspecified atom stereocenters. The largest absolute Gasteiger partial charge is 0.381 e. The van der Waals surface area contributed by atoms with Crippen LogP contribution in [0.3, 0.4) is 0 Å². The van der Waals surface area contributed by atoms with Gasteiger partial charge in [0.2, 0.25) is 11.8 Å². The van der Waals surface area contributed by atoms with E-state index in [0.717, 1.165) is 70.8 Å². The Kier molecular flexibility index (Phi) is 5.01. The molecule has 7 nitrogen and oxygen atoms in total. The van der Waals surface area contributed by atoms with Crippen molar-refractivity contribution in [2.75, 3.05) is 32.8 Å². The van der Waals surface area contributed by atoms with E-state index in [0.29, 0.717) is 24.4 Å². The maximum atomic E-state index is 13.3. The zero-order valence-corrected chi connectivity index (χ0v) is 15.9. The third-order valence-corrected chi connectivity index (χ3v) is 6.19. The molecule has 7 heteroatoms. The van der Waals surface area contributed by atoms with Crippen molar-refractivity contribution in [3.8, 4) is 0 Å². The van der Waals surface area contributed by atoms with Gasteiger partial charge in [-0.05, 0) is 38.6 Å². The lowest BCUT2D eigenvalue weighted by molar-refractivity contribution is -0.150. The van der Waals surface area contributed by atoms with Crippen LogP contribution < -0.4 is 0 Å². The molecule has 0 aromatic carbocycles. The van der Waals surface area contributed by atoms with Gasteiger partial charge in [-0.1, -0.05) is 19.0 Å². The number of piperidine rings is 1. The molecule has 3 saturated heterocycles. The quantitative estimate of drug-likeness (QED) is 0.818. The van der Waals surface area contributed by atoms with Gasteiger partial charge in [0.25, 0.3) is 0 Å². The van der Waals surface area contributed by atoms with E-state index in [1.165, 1.54) is 0 Å². The van der Waals surface area contributed by atoms with Gasteiger partial charge in [-0.2, -0.15) is 4.98 Å². The lowest BCUT2D eigenvalue weighted by Crippen LogP contribution is -2.54. The summed E-state index contributed by atoms with van der Waals surface area (Å²) in [6.07, 6.45) is 5.01. The number of hydrogen-bond donors (Lipinski definition) is 0. The Morgan fingerprint density at radius 3 is 2.77 bits per heavy atom. The fraction of sp³-hybridized carbons (Fsp3) is 0.842. The van der Waals surface area contributed by atoms with Crippen molar-refractivity contribution in [1.29, 1.82) is 0 Å². The van der Waals surface area contributed by atoms with Gasteiger partial charge in [0.1, 0.15) is 0 Å². The number of nitrogens with zero attached hydrogens (tertiary/aromatic N) is 4. The fourth-order valence-corrected chi connectivity index (χ4v) is 4.68. The second-order valence-electron chi connectivity index (χ2n) is 8.39. The molecule has 3 aliphatic heterocycles. The molecule has 26 heavy (non-hydrogen) atoms. The molecule has 0 bridgehead atoms. The average Bonchev–Trinajstić information content (AvgIpc) is 3.27. The zero-order valence-electron chi connectivity index (χ0n) is 15.9. The highest BCUT2D eigenvalue weighted by Gasteiger charge is 2.49. The van der Waals surface area contributed by atoms with Crippen LogP contribution in [0.2, 0.25) is 0 Å². The van der Waals surface area contributed by atoms with Gasteiger partial charge in [-0.25, -0.2) is 0 Å². The van der Waals surface area contributed by atoms with E-state index in [4.69, 9.17) is 9.26 Å². The monoisotopic (exact) mass is 362 g/mol. The van der Waals surface area contributed by atoms with E-state index >= 15 is 0 Å². The van der Waals surface area contributed by atoms with Crippen LogP contribution in [0.25, 0.3) is 0 Å². The zero-order chi connectivity index (χ0) is 18.1. The molecule has 4 rings (SSSR count). The van der Waals surface area contributed by atoms with Crippen LogP contribution in [0.4, 0.5) is 0 Å². The van der Waals surface area contributed by atoms with Crippen molar-refractivity contribution in [3.05, 3.63) is 11.7 Å². The average molecular weight is 362 g/mol. The van der Waals surface area contributed by atoms with Crippen molar-refractivity contribution < 1.29 is 14.1 Å². The van der Waals surface area contributed by atoms with Crippen molar-refractivity contribution in [2.24, 2.45) is 5.41 Å². The molecule has 3 aliphatic rings. The smallest absolute Gasteiger partial charge is 0.240 e. The maximum Gasteiger partial charge on any atom is 0.240 e. The third-order valence-electron chi connectivity index (χ3n) is 6.19. The van der Waals surface area contributed by atoms with Crippen LogP contribution in [-0.4, -0.2) is 64.7 Å². The van der Waals surface area contributed by atoms with Gasteiger partial charge in [-0.3, -0.25) is 9.69 Å². The van der Waals surface area contributed by atoms with Crippen LogP contribution in [0.15, 0.2) is 4.52 Å². The Bertz CT molecular complexity index is 640. The molecule has 0 N–H and O–H groups in total. The van der Waals surface area contributed by atoms with E-state index in [1.807, 2.05) is 0 Å². The first kappa shape index (κ1) is 17.9. The Morgan fingerprint density at radius 1 is 1.23 bits per heavy atom. The molecule has 0 radical (unpaired) electrons. The number of carbonyl (C=O) groups is 1. The van der Waals surface area contributed by atoms with E-state index in [9.17, 15) is 4.79 Å². The normalized spacial score (nSPS) is 28.6. The third kappa shape index (κ3) is 3.39. The molecular formula is C19H30N4O3. The lowest BCUT2D eigenvalue weighted by atomic mass is 9.77. The Labute approximate surface area is 155 Å². The maximum absolute atomic E-state index is 13.3. The minimum absolute atomic E-state index is 0.211. The van der Waals surface area contributed by atoms with E-state index in [1.54, 1.807) is 0 Å². The molecule has 1 spiro atoms. The molecular weight excluding hydrogens is 332 g/mol. The van der Waals surface area contributed by atoms with Crippen molar-refractivity contribution in [2.45, 2.75) is 64.5 Å². The molecule has 4 heterocycles. The van der Waals surface area contributed by atoms with E-state index in [2.05, 4.69) is 33.8 Å². The van der Waals surface area contributed by atoms with Gasteiger partial charge in [0, 0.05) is 38.3 Å². The molecule has 1 aromatic heterocycles. The second-order valence-corrected chi connectivity index (χ2v) is 8.39. The fourth-order valence-electron chi connectivity index (χ4n) is 4.68. The molecule has 1 aromatic rings. The number of carbonyl (C=O) groups excluding carboxylic acids is 1. The molecule has 0 saturated carbocycles. The molecule has 3 fully saturated rings. The lowest BCUT2D eigenvalue weighted by Gasteiger charge is -2.44. The molecule has 1 atom stereocenters. The van der Waals surface area contributed by atoms with Crippen LogP contribution in [-0.2, 0) is 16.1 Å². The Morgan fingerprint density at radius 2 is 2.04 bits per heavy atom. The molecule has 144 valence electrons. The van der Waals surface area contributed by atoms with E-state index in [-0.39, 0.29) is 11.3 Å². The molecule has 1 amide bonds. The predicted molar refractivity (Wildman–Crippen MR) is 95.5 cm³/mol. The highest BCUT2D eigenvalue weighted by Crippen LogP contribution is 2.41. The minimum atomic E-state index is -0.211. The Hall–Kier alpha value is -1.47. The summed E-state index contributed by atoms with van der Waals surface area (Å²) in [5, 5.41) is 4.05. The van der Waals surface area contributed by atoms with E-state index < -0.39 is 0 Å². The predicted octanol–water partition coefficient (Wildman–Crippen LogP) is 2.19. The van der Waals surface area contributed by atoms with Gasteiger partial charge < -0.3 is 14.2 Å². The summed E-state index contributed by atoms with van der Waals surface area (Å²) in [4.78, 5) is 22.3. The second kappa shape index (κ2) is 7.27. The first-order valence-electron chi connectivity index (χ1n) is 10.0. The standard InChI is InChI=1S/C19H30N4O3/c1-14(2)17-20-16(26-21-17)12-22-9-7-19(13-22)6-3-8-23(18(19)24)15-4-10-25-11-5-15/h14-15H,3-13H2,1-2H3. The number of amides is 1. The van der Waals surface area contributed by atoms with Crippen LogP contribution in [0.1, 0.15) is 63.6 Å². The SMILES string of the molecule is CC(C)c1noc(CN2CCC3(CCCN(C4CCOCC4)C3=O)C2)n1. The van der Waals surface area contributed by atoms with Crippen LogP contribution in [0, 0.1) is 5.41 Å². The van der Waals surface area contributed by atoms with Crippen molar-refractivity contribution in [3.63, 3.8) is 0 Å². The number of likely N-dealkylation sites (tertiary alicyclic amines) is 2. The van der Waals surface area contributed by atoms with Crippen LogP contribution in [0.5, 0.6) is 0 Å². The summed E-state index contributed by atoms with van der Waals surface area (Å²) in [6, 6.07) is 0.368. The highest BCUT2D eigenvalue weighted by molar-refractivity contribution is 5.84. The Balaban J connectivity index is 1.41. The number of rotatable bonds is 4. The van der Waals surface area contributed by atoms with Gasteiger partial charge in [0.05, 0.1) is 12.0 Å². The summed E-state index contributed by atoms with van der Waals surface area (Å²) in [5.74, 6) is 2.06. The van der Waals surface area contributed by atoms with Gasteiger partial charge in [0.15, 0.2) is 5.82 Å². The first-order valence-corrected chi connectivity index (χ1v) is 10.0. The topological polar surface area (TPSA) is 71.7 Å². The number of ether oxygens (including phenoxy) is 1. The van der Waals surface area contributed by atoms with Gasteiger partial charge in [-0.15, -0.1) is 0 Å². The summed E-state index contributed by atoms with van der Waals surface area (Å²) in [7, 11) is 0. The first-order chi connectivity index (χ1) is 12.6. The summed E-state index contributed by atoms with van der Waals surface area (Å²) >= 11 is 0. The van der Waals surface area contributed by atoms with Crippen LogP contribution >= 0.6 is 0 Å². The summed E-state index contributed by atoms with van der Waals surface area (Å²) < 4.78 is 10.9. The highest BCUT2D eigenvalue weighted by atomic mass is 16.5. The number of hydrogen-bond acceptors (Lipinski definition) is 6. The molecule has 0 aliphatic carbocycles. The number of aromatic nitrogens is 2.